The molecule has 0 spiro atoms. The van der Waals surface area contributed by atoms with Crippen LogP contribution in [0.1, 0.15) is 5.56 Å². The van der Waals surface area contributed by atoms with Crippen LogP contribution in [-0.2, 0) is 21.2 Å². The maximum atomic E-state index is 12.4. The molecule has 2 N–H and O–H groups in total. The Kier molecular flexibility index (Phi) is 5.69. The van der Waals surface area contributed by atoms with E-state index in [-0.39, 0.29) is 22.2 Å². The third-order valence-corrected chi connectivity index (χ3v) is 4.96. The van der Waals surface area contributed by atoms with Crippen LogP contribution in [0.5, 0.6) is 5.75 Å². The third kappa shape index (κ3) is 4.39. The van der Waals surface area contributed by atoms with Crippen molar-refractivity contribution in [1.82, 2.24) is 5.32 Å². The molecular weight excluding hydrogens is 352 g/mol. The van der Waals surface area contributed by atoms with Gasteiger partial charge in [-0.05, 0) is 35.9 Å². The molecule has 0 fully saturated rings. The van der Waals surface area contributed by atoms with Crippen molar-refractivity contribution in [3.63, 3.8) is 0 Å². The number of amides is 1. The van der Waals surface area contributed by atoms with E-state index < -0.39 is 10.0 Å². The average Bonchev–Trinajstić information content (AvgIpc) is 2.56. The van der Waals surface area contributed by atoms with Crippen molar-refractivity contribution in [2.24, 2.45) is 0 Å². The van der Waals surface area contributed by atoms with E-state index in [2.05, 4.69) is 10.0 Å². The van der Waals surface area contributed by atoms with Gasteiger partial charge in [-0.15, -0.1) is 0 Å². The minimum Gasteiger partial charge on any atom is -0.495 e. The molecule has 0 aliphatic heterocycles. The fraction of sp³-hybridized carbons (Fsp3) is 0.188. The van der Waals surface area contributed by atoms with Gasteiger partial charge in [0.25, 0.3) is 10.0 Å². The lowest BCUT2D eigenvalue weighted by atomic mass is 10.1. The van der Waals surface area contributed by atoms with Crippen molar-refractivity contribution in [1.29, 1.82) is 0 Å². The molecule has 8 heteroatoms. The van der Waals surface area contributed by atoms with Crippen molar-refractivity contribution < 1.29 is 17.9 Å². The summed E-state index contributed by atoms with van der Waals surface area (Å²) >= 11 is 5.97. The Balaban J connectivity index is 2.17. The number of rotatable bonds is 6. The summed E-state index contributed by atoms with van der Waals surface area (Å²) in [6.07, 6.45) is 0.234. The van der Waals surface area contributed by atoms with Gasteiger partial charge in [-0.1, -0.05) is 23.7 Å². The number of methoxy groups -OCH3 is 1. The van der Waals surface area contributed by atoms with E-state index >= 15 is 0 Å². The Labute approximate surface area is 145 Å². The highest BCUT2D eigenvalue weighted by atomic mass is 35.5. The van der Waals surface area contributed by atoms with Crippen LogP contribution >= 0.6 is 11.6 Å². The lowest BCUT2D eigenvalue weighted by Gasteiger charge is -2.10. The van der Waals surface area contributed by atoms with Gasteiger partial charge in [-0.25, -0.2) is 8.42 Å². The monoisotopic (exact) mass is 368 g/mol. The molecule has 1 amide bonds. The van der Waals surface area contributed by atoms with Gasteiger partial charge in [0.15, 0.2) is 0 Å². The zero-order valence-corrected chi connectivity index (χ0v) is 14.7. The van der Waals surface area contributed by atoms with Crippen molar-refractivity contribution in [2.75, 3.05) is 18.9 Å². The van der Waals surface area contributed by atoms with Crippen LogP contribution in [0.4, 0.5) is 5.69 Å². The van der Waals surface area contributed by atoms with Gasteiger partial charge in [0, 0.05) is 12.7 Å². The number of nitrogens with one attached hydrogen (secondary N) is 2. The second-order valence-corrected chi connectivity index (χ2v) is 7.04. The van der Waals surface area contributed by atoms with E-state index in [0.29, 0.717) is 11.4 Å². The second kappa shape index (κ2) is 7.55. The lowest BCUT2D eigenvalue weighted by Crippen LogP contribution is -2.19. The number of carbonyl (C=O) groups is 1. The molecule has 0 atom stereocenters. The van der Waals surface area contributed by atoms with Gasteiger partial charge in [0.2, 0.25) is 5.91 Å². The van der Waals surface area contributed by atoms with Gasteiger partial charge in [-0.2, -0.15) is 0 Å². The van der Waals surface area contributed by atoms with E-state index in [9.17, 15) is 13.2 Å². The predicted molar refractivity (Wildman–Crippen MR) is 93.0 cm³/mol. The summed E-state index contributed by atoms with van der Waals surface area (Å²) in [7, 11) is -0.758. The zero-order valence-electron chi connectivity index (χ0n) is 13.2. The van der Waals surface area contributed by atoms with Gasteiger partial charge in [0.05, 0.1) is 23.4 Å². The van der Waals surface area contributed by atoms with Crippen LogP contribution in [0.2, 0.25) is 5.02 Å². The van der Waals surface area contributed by atoms with Crippen LogP contribution in [-0.4, -0.2) is 28.5 Å². The summed E-state index contributed by atoms with van der Waals surface area (Å²) in [6, 6.07) is 10.8. The lowest BCUT2D eigenvalue weighted by molar-refractivity contribution is -0.119. The van der Waals surface area contributed by atoms with Crippen LogP contribution in [0.3, 0.4) is 0 Å². The standard InChI is InChI=1S/C16H17ClN2O4S/c1-18-16(20)9-11-3-5-12(6-4-11)19-24(21,22)13-7-8-15(23-2)14(17)10-13/h3-8,10,19H,9H2,1-2H3,(H,18,20). The van der Waals surface area contributed by atoms with E-state index in [0.717, 1.165) is 5.56 Å². The molecule has 2 aromatic carbocycles. The number of halogens is 1. The smallest absolute Gasteiger partial charge is 0.261 e. The molecule has 2 aromatic rings. The van der Waals surface area contributed by atoms with Crippen LogP contribution < -0.4 is 14.8 Å². The van der Waals surface area contributed by atoms with Crippen LogP contribution in [0.25, 0.3) is 0 Å². The van der Waals surface area contributed by atoms with Crippen molar-refractivity contribution >= 4 is 33.2 Å². The molecule has 0 aliphatic carbocycles. The molecular formula is C16H17ClN2O4S. The van der Waals surface area contributed by atoms with Crippen LogP contribution in [0.15, 0.2) is 47.4 Å². The van der Waals surface area contributed by atoms with Gasteiger partial charge >= 0.3 is 0 Å². The highest BCUT2D eigenvalue weighted by Crippen LogP contribution is 2.27. The van der Waals surface area contributed by atoms with Crippen molar-refractivity contribution in [2.45, 2.75) is 11.3 Å². The second-order valence-electron chi connectivity index (χ2n) is 4.95. The van der Waals surface area contributed by atoms with Gasteiger partial charge in [-0.3, -0.25) is 9.52 Å². The summed E-state index contributed by atoms with van der Waals surface area (Å²) in [6.45, 7) is 0. The Morgan fingerprint density at radius 2 is 1.83 bits per heavy atom. The summed E-state index contributed by atoms with van der Waals surface area (Å²) in [5, 5.41) is 2.74. The molecule has 6 nitrogen and oxygen atoms in total. The Morgan fingerprint density at radius 3 is 2.38 bits per heavy atom. The number of sulfonamides is 1. The number of hydrogen-bond acceptors (Lipinski definition) is 4. The molecule has 0 unspecified atom stereocenters. The SMILES string of the molecule is CNC(=O)Cc1ccc(NS(=O)(=O)c2ccc(OC)c(Cl)c2)cc1. The molecule has 0 heterocycles. The molecule has 0 aromatic heterocycles. The third-order valence-electron chi connectivity index (χ3n) is 3.28. The van der Waals surface area contributed by atoms with Crippen LogP contribution in [0, 0.1) is 0 Å². The molecule has 0 saturated heterocycles. The van der Waals surface area contributed by atoms with Gasteiger partial charge in [0.1, 0.15) is 5.75 Å². The fourth-order valence-corrected chi connectivity index (χ4v) is 3.40. The summed E-state index contributed by atoms with van der Waals surface area (Å²) in [5.41, 5.74) is 1.17. The zero-order chi connectivity index (χ0) is 17.7. The normalized spacial score (nSPS) is 11.0. The first-order chi connectivity index (χ1) is 11.4. The highest BCUT2D eigenvalue weighted by Gasteiger charge is 2.16. The number of likely N-dealkylation sites (N-methyl/N-ethyl adjacent to an activating group) is 1. The fourth-order valence-electron chi connectivity index (χ4n) is 1.99. The maximum absolute atomic E-state index is 12.4. The topological polar surface area (TPSA) is 84.5 Å². The summed E-state index contributed by atoms with van der Waals surface area (Å²) < 4.78 is 32.2. The highest BCUT2D eigenvalue weighted by molar-refractivity contribution is 7.92. The minimum absolute atomic E-state index is 0.0303. The number of hydrogen-bond donors (Lipinski definition) is 2. The van der Waals surface area contributed by atoms with Crippen molar-refractivity contribution in [3.8, 4) is 5.75 Å². The Bertz CT molecular complexity index is 836. The minimum atomic E-state index is -3.77. The summed E-state index contributed by atoms with van der Waals surface area (Å²) in [5.74, 6) is 0.283. The Hall–Kier alpha value is -2.25. The quantitative estimate of drug-likeness (QED) is 0.820. The molecule has 0 radical (unpaired) electrons. The predicted octanol–water partition coefficient (Wildman–Crippen LogP) is 2.44. The summed E-state index contributed by atoms with van der Waals surface area (Å²) in [4.78, 5) is 11.3. The number of ether oxygens (including phenoxy) is 1. The molecule has 0 bridgehead atoms. The first-order valence-electron chi connectivity index (χ1n) is 7.01. The maximum Gasteiger partial charge on any atom is 0.261 e. The first-order valence-corrected chi connectivity index (χ1v) is 8.87. The van der Waals surface area contributed by atoms with Crippen molar-refractivity contribution in [3.05, 3.63) is 53.1 Å². The molecule has 0 aliphatic rings. The molecule has 24 heavy (non-hydrogen) atoms. The molecule has 128 valence electrons. The Morgan fingerprint density at radius 1 is 1.17 bits per heavy atom. The number of benzene rings is 2. The van der Waals surface area contributed by atoms with E-state index in [1.807, 2.05) is 0 Å². The van der Waals surface area contributed by atoms with E-state index in [1.54, 1.807) is 31.3 Å². The average molecular weight is 369 g/mol. The largest absolute Gasteiger partial charge is 0.495 e. The van der Waals surface area contributed by atoms with Gasteiger partial charge < -0.3 is 10.1 Å². The molecule has 2 rings (SSSR count). The van der Waals surface area contributed by atoms with E-state index in [4.69, 9.17) is 16.3 Å². The number of carbonyl (C=O) groups excluding carboxylic acids is 1. The first kappa shape index (κ1) is 18.1. The number of anilines is 1. The molecule has 0 saturated carbocycles. The van der Waals surface area contributed by atoms with E-state index in [1.165, 1.54) is 25.3 Å².